The number of unbranched alkanes of at least 4 members (excludes halogenated alkanes) is 1. The van der Waals surface area contributed by atoms with Crippen molar-refractivity contribution in [2.75, 3.05) is 6.54 Å². The van der Waals surface area contributed by atoms with Crippen LogP contribution in [0.2, 0.25) is 0 Å². The minimum atomic E-state index is -1.29. The molecule has 1 N–H and O–H groups in total. The van der Waals surface area contributed by atoms with Gasteiger partial charge in [-0.05, 0) is 6.42 Å². The molecule has 0 aliphatic heterocycles. The van der Waals surface area contributed by atoms with Gasteiger partial charge in [0.2, 0.25) is 0 Å². The first-order chi connectivity index (χ1) is 4.27. The molecule has 4 nitrogen and oxygen atoms in total. The van der Waals surface area contributed by atoms with Gasteiger partial charge in [0.25, 0.3) is 0 Å². The van der Waals surface area contributed by atoms with Crippen LogP contribution in [0.1, 0.15) is 12.8 Å². The Bertz CT molecular complexity index is 102. The maximum atomic E-state index is 9.66. The van der Waals surface area contributed by atoms with E-state index in [0.717, 1.165) is 6.29 Å². The Balaban J connectivity index is 2.91. The van der Waals surface area contributed by atoms with Gasteiger partial charge in [-0.2, -0.15) is 0 Å². The maximum Gasteiger partial charge on any atom is 0.134 e. The molecule has 0 aliphatic carbocycles. The van der Waals surface area contributed by atoms with Crippen molar-refractivity contribution in [2.45, 2.75) is 12.8 Å². The van der Waals surface area contributed by atoms with E-state index in [1.54, 1.807) is 0 Å². The van der Waals surface area contributed by atoms with Gasteiger partial charge in [-0.15, -0.1) is 0 Å². The lowest BCUT2D eigenvalue weighted by molar-refractivity contribution is -0.250. The minimum Gasteiger partial charge on any atom is -0.530 e. The maximum absolute atomic E-state index is 9.66. The summed E-state index contributed by atoms with van der Waals surface area (Å²) in [5.41, 5.74) is 0. The van der Waals surface area contributed by atoms with Crippen molar-refractivity contribution in [1.82, 2.24) is 5.32 Å². The summed E-state index contributed by atoms with van der Waals surface area (Å²) < 4.78 is 0. The van der Waals surface area contributed by atoms with Crippen LogP contribution in [-0.2, 0) is 4.79 Å². The van der Waals surface area contributed by atoms with E-state index < -0.39 is 6.09 Å². The zero-order chi connectivity index (χ0) is 7.11. The molecule has 0 aliphatic rings. The monoisotopic (exact) mass is 130 g/mol. The van der Waals surface area contributed by atoms with Crippen LogP contribution in [0.15, 0.2) is 0 Å². The molecule has 0 radical (unpaired) electrons. The fourth-order valence-electron chi connectivity index (χ4n) is 0.376. The molecule has 0 saturated carbocycles. The Morgan fingerprint density at radius 3 is 2.78 bits per heavy atom. The standard InChI is InChI=1S/C5H9NO3/c7-4-2-1-3-6-5(8)9/h4,6H,1-3H2,(H,8,9)/p-1. The number of carbonyl (C=O) groups excluding carboxylic acids is 2. The Kier molecular flexibility index (Phi) is 4.49. The van der Waals surface area contributed by atoms with Crippen molar-refractivity contribution in [3.8, 4) is 0 Å². The number of nitrogens with one attached hydrogen (secondary N) is 1. The van der Waals surface area contributed by atoms with Gasteiger partial charge in [-0.3, -0.25) is 0 Å². The highest BCUT2D eigenvalue weighted by atomic mass is 16.4. The van der Waals surface area contributed by atoms with E-state index in [0.29, 0.717) is 19.4 Å². The molecule has 0 fully saturated rings. The molecule has 0 atom stereocenters. The Morgan fingerprint density at radius 2 is 2.33 bits per heavy atom. The van der Waals surface area contributed by atoms with Gasteiger partial charge in [0.05, 0.1) is 0 Å². The van der Waals surface area contributed by atoms with Crippen molar-refractivity contribution in [2.24, 2.45) is 0 Å². The van der Waals surface area contributed by atoms with Crippen LogP contribution in [-0.4, -0.2) is 18.9 Å². The minimum absolute atomic E-state index is 0.293. The normalized spacial score (nSPS) is 8.44. The highest BCUT2D eigenvalue weighted by Gasteiger charge is 1.83. The van der Waals surface area contributed by atoms with Crippen LogP contribution >= 0.6 is 0 Å². The molecule has 0 unspecified atom stereocenters. The third-order valence-electron chi connectivity index (χ3n) is 0.768. The van der Waals surface area contributed by atoms with Crippen molar-refractivity contribution in [3.63, 3.8) is 0 Å². The second-order valence-electron chi connectivity index (χ2n) is 1.52. The van der Waals surface area contributed by atoms with E-state index in [2.05, 4.69) is 0 Å². The summed E-state index contributed by atoms with van der Waals surface area (Å²) >= 11 is 0. The van der Waals surface area contributed by atoms with Gasteiger partial charge in [-0.1, -0.05) is 0 Å². The zero-order valence-corrected chi connectivity index (χ0v) is 4.92. The van der Waals surface area contributed by atoms with Crippen molar-refractivity contribution in [3.05, 3.63) is 0 Å². The molecule has 52 valence electrons. The fraction of sp³-hybridized carbons (Fsp3) is 0.600. The molecule has 0 aromatic rings. The third-order valence-corrected chi connectivity index (χ3v) is 0.768. The third kappa shape index (κ3) is 6.94. The van der Waals surface area contributed by atoms with E-state index in [-0.39, 0.29) is 0 Å². The number of carboxylic acid groups (broad SMARTS) is 1. The summed E-state index contributed by atoms with van der Waals surface area (Å²) in [7, 11) is 0. The second kappa shape index (κ2) is 5.08. The Hall–Kier alpha value is -1.06. The molecule has 0 spiro atoms. The topological polar surface area (TPSA) is 69.2 Å². The zero-order valence-electron chi connectivity index (χ0n) is 4.92. The predicted molar refractivity (Wildman–Crippen MR) is 28.7 cm³/mol. The lowest BCUT2D eigenvalue weighted by Crippen LogP contribution is -2.36. The first-order valence-electron chi connectivity index (χ1n) is 2.66. The van der Waals surface area contributed by atoms with E-state index >= 15 is 0 Å². The number of hydrogen-bond acceptors (Lipinski definition) is 3. The Labute approximate surface area is 52.9 Å². The van der Waals surface area contributed by atoms with Crippen LogP contribution in [0.3, 0.4) is 0 Å². The first-order valence-corrected chi connectivity index (χ1v) is 2.66. The molecule has 0 saturated heterocycles. The van der Waals surface area contributed by atoms with Gasteiger partial charge >= 0.3 is 0 Å². The van der Waals surface area contributed by atoms with Crippen LogP contribution in [0.25, 0.3) is 0 Å². The SMILES string of the molecule is O=CCCCNC(=O)[O-]. The highest BCUT2D eigenvalue weighted by molar-refractivity contribution is 5.61. The van der Waals surface area contributed by atoms with Crippen molar-refractivity contribution < 1.29 is 14.7 Å². The van der Waals surface area contributed by atoms with Crippen molar-refractivity contribution in [1.29, 1.82) is 0 Å². The summed E-state index contributed by atoms with van der Waals surface area (Å²) in [6.07, 6.45) is 0.384. The van der Waals surface area contributed by atoms with Gasteiger partial charge in [0.1, 0.15) is 12.4 Å². The predicted octanol–water partition coefficient (Wildman–Crippen LogP) is -1.10. The van der Waals surface area contributed by atoms with Crippen molar-refractivity contribution >= 4 is 12.4 Å². The Morgan fingerprint density at radius 1 is 1.67 bits per heavy atom. The lowest BCUT2D eigenvalue weighted by atomic mass is 10.3. The summed E-state index contributed by atoms with van der Waals surface area (Å²) in [5.74, 6) is 0. The molecule has 4 heteroatoms. The van der Waals surface area contributed by atoms with Gasteiger partial charge in [0, 0.05) is 13.0 Å². The molecular formula is C5H8NO3-. The molecule has 0 heterocycles. The van der Waals surface area contributed by atoms with Crippen LogP contribution in [0, 0.1) is 0 Å². The summed E-state index contributed by atoms with van der Waals surface area (Å²) in [4.78, 5) is 19.3. The molecule has 9 heavy (non-hydrogen) atoms. The molecule has 0 bridgehead atoms. The van der Waals surface area contributed by atoms with Crippen LogP contribution in [0.5, 0.6) is 0 Å². The van der Waals surface area contributed by atoms with Gasteiger partial charge in [-0.25, -0.2) is 0 Å². The summed E-state index contributed by atoms with van der Waals surface area (Å²) in [6, 6.07) is 0. The number of hydrogen-bond donors (Lipinski definition) is 1. The number of carbonyl (C=O) groups is 2. The van der Waals surface area contributed by atoms with Crippen LogP contribution in [0.4, 0.5) is 4.79 Å². The van der Waals surface area contributed by atoms with Gasteiger partial charge in [0.15, 0.2) is 0 Å². The smallest absolute Gasteiger partial charge is 0.134 e. The van der Waals surface area contributed by atoms with E-state index in [1.807, 2.05) is 5.32 Å². The van der Waals surface area contributed by atoms with E-state index in [9.17, 15) is 14.7 Å². The number of rotatable bonds is 4. The number of amides is 1. The molecule has 0 aromatic heterocycles. The average Bonchev–Trinajstić information content (AvgIpc) is 1.80. The second-order valence-corrected chi connectivity index (χ2v) is 1.52. The van der Waals surface area contributed by atoms with E-state index in [1.165, 1.54) is 0 Å². The molecule has 0 rings (SSSR count). The molecule has 0 aromatic carbocycles. The quantitative estimate of drug-likeness (QED) is 0.388. The fourth-order valence-corrected chi connectivity index (χ4v) is 0.376. The van der Waals surface area contributed by atoms with Crippen LogP contribution < -0.4 is 10.4 Å². The highest BCUT2D eigenvalue weighted by Crippen LogP contribution is 1.78. The van der Waals surface area contributed by atoms with E-state index in [4.69, 9.17) is 0 Å². The average molecular weight is 130 g/mol. The largest absolute Gasteiger partial charge is 0.530 e. The summed E-state index contributed by atoms with van der Waals surface area (Å²) in [5, 5.41) is 11.7. The molecular weight excluding hydrogens is 122 g/mol. The lowest BCUT2D eigenvalue weighted by Gasteiger charge is -2.02. The number of aldehydes is 1. The van der Waals surface area contributed by atoms with Gasteiger partial charge < -0.3 is 20.0 Å². The molecule has 1 amide bonds. The summed E-state index contributed by atoms with van der Waals surface area (Å²) in [6.45, 7) is 0.293. The first kappa shape index (κ1) is 7.94.